The van der Waals surface area contributed by atoms with Crippen LogP contribution in [0.4, 0.5) is 5.69 Å². The van der Waals surface area contributed by atoms with E-state index < -0.39 is 10.1 Å². The van der Waals surface area contributed by atoms with Crippen molar-refractivity contribution in [3.63, 3.8) is 0 Å². The molecule has 1 aromatic carbocycles. The van der Waals surface area contributed by atoms with Gasteiger partial charge in [-0.05, 0) is 18.2 Å². The van der Waals surface area contributed by atoms with E-state index in [0.717, 1.165) is 6.07 Å². The van der Waals surface area contributed by atoms with E-state index in [9.17, 15) is 8.42 Å². The Kier molecular flexibility index (Phi) is 2.27. The summed E-state index contributed by atoms with van der Waals surface area (Å²) in [6.45, 7) is 0. The monoisotopic (exact) mass is 207 g/mol. The van der Waals surface area contributed by atoms with Crippen LogP contribution in [-0.4, -0.2) is 13.0 Å². The maximum atomic E-state index is 10.6. The third-order valence-corrected chi connectivity index (χ3v) is 2.46. The minimum atomic E-state index is -4.18. The first-order chi connectivity index (χ1) is 5.41. The fraction of sp³-hybridized carbons (Fsp3) is 0. The van der Waals surface area contributed by atoms with Crippen LogP contribution in [0.5, 0.6) is 0 Å². The lowest BCUT2D eigenvalue weighted by molar-refractivity contribution is 0.483. The summed E-state index contributed by atoms with van der Waals surface area (Å²) in [7, 11) is -4.18. The molecule has 1 rings (SSSR count). The number of rotatable bonds is 1. The van der Waals surface area contributed by atoms with Crippen molar-refractivity contribution in [3.05, 3.63) is 23.2 Å². The van der Waals surface area contributed by atoms with Crippen LogP contribution in [0.1, 0.15) is 0 Å². The molecule has 0 aliphatic rings. The number of nitrogen functional groups attached to an aromatic ring is 1. The number of hydrogen-bond acceptors (Lipinski definition) is 3. The molecule has 0 aliphatic heterocycles. The number of anilines is 1. The van der Waals surface area contributed by atoms with Crippen molar-refractivity contribution in [2.45, 2.75) is 4.90 Å². The summed E-state index contributed by atoms with van der Waals surface area (Å²) in [5.41, 5.74) is 5.43. The van der Waals surface area contributed by atoms with Crippen LogP contribution in [0.15, 0.2) is 23.1 Å². The summed E-state index contributed by atoms with van der Waals surface area (Å²) in [6, 6.07) is 3.58. The Bertz CT molecular complexity index is 401. The largest absolute Gasteiger partial charge is 0.397 e. The van der Waals surface area contributed by atoms with Crippen molar-refractivity contribution in [1.82, 2.24) is 0 Å². The topological polar surface area (TPSA) is 80.4 Å². The van der Waals surface area contributed by atoms with E-state index in [0.29, 0.717) is 0 Å². The molecular formula is C6H6ClNO3S. The van der Waals surface area contributed by atoms with Gasteiger partial charge in [0.1, 0.15) is 0 Å². The van der Waals surface area contributed by atoms with Crippen molar-refractivity contribution >= 4 is 27.4 Å². The molecule has 0 saturated carbocycles. The molecule has 0 aliphatic carbocycles. The maximum Gasteiger partial charge on any atom is 0.294 e. The molecular weight excluding hydrogens is 202 g/mol. The Morgan fingerprint density at radius 2 is 2.00 bits per heavy atom. The minimum Gasteiger partial charge on any atom is -0.397 e. The Labute approximate surface area is 74.7 Å². The van der Waals surface area contributed by atoms with E-state index in [4.69, 9.17) is 21.9 Å². The van der Waals surface area contributed by atoms with Crippen LogP contribution in [0.25, 0.3) is 0 Å². The van der Waals surface area contributed by atoms with E-state index >= 15 is 0 Å². The van der Waals surface area contributed by atoms with Gasteiger partial charge in [-0.25, -0.2) is 0 Å². The Morgan fingerprint density at radius 1 is 1.42 bits per heavy atom. The lowest BCUT2D eigenvalue weighted by Gasteiger charge is -1.99. The highest BCUT2D eigenvalue weighted by molar-refractivity contribution is 7.85. The van der Waals surface area contributed by atoms with Crippen LogP contribution in [0, 0.1) is 0 Å². The van der Waals surface area contributed by atoms with Crippen LogP contribution < -0.4 is 5.73 Å². The zero-order valence-corrected chi connectivity index (χ0v) is 7.43. The van der Waals surface area contributed by atoms with Crippen LogP contribution in [0.3, 0.4) is 0 Å². The SMILES string of the molecule is Nc1cc(S(=O)(=O)O)ccc1Cl. The van der Waals surface area contributed by atoms with Crippen molar-refractivity contribution in [2.75, 3.05) is 5.73 Å². The number of nitrogens with two attached hydrogens (primary N) is 1. The van der Waals surface area contributed by atoms with E-state index in [-0.39, 0.29) is 15.6 Å². The van der Waals surface area contributed by atoms with Crippen molar-refractivity contribution in [1.29, 1.82) is 0 Å². The van der Waals surface area contributed by atoms with Gasteiger partial charge in [-0.1, -0.05) is 11.6 Å². The van der Waals surface area contributed by atoms with E-state index in [1.54, 1.807) is 0 Å². The zero-order chi connectivity index (χ0) is 9.35. The van der Waals surface area contributed by atoms with Gasteiger partial charge in [-0.15, -0.1) is 0 Å². The van der Waals surface area contributed by atoms with Gasteiger partial charge in [-0.2, -0.15) is 8.42 Å². The molecule has 0 bridgehead atoms. The summed E-state index contributed by atoms with van der Waals surface area (Å²) in [5.74, 6) is 0. The van der Waals surface area contributed by atoms with Gasteiger partial charge in [0.25, 0.3) is 10.1 Å². The molecule has 1 aromatic rings. The summed E-state index contributed by atoms with van der Waals surface area (Å²) >= 11 is 5.53. The molecule has 0 radical (unpaired) electrons. The maximum absolute atomic E-state index is 10.6. The first-order valence-corrected chi connectivity index (χ1v) is 4.75. The predicted molar refractivity (Wildman–Crippen MR) is 45.7 cm³/mol. The van der Waals surface area contributed by atoms with Gasteiger partial charge in [-0.3, -0.25) is 4.55 Å². The molecule has 0 spiro atoms. The molecule has 66 valence electrons. The molecule has 12 heavy (non-hydrogen) atoms. The summed E-state index contributed by atoms with van der Waals surface area (Å²) in [4.78, 5) is -0.260. The molecule has 0 aromatic heterocycles. The second-order valence-corrected chi connectivity index (χ2v) is 3.99. The summed E-state index contributed by atoms with van der Waals surface area (Å²) in [5, 5.41) is 0.252. The molecule has 0 saturated heterocycles. The zero-order valence-electron chi connectivity index (χ0n) is 5.86. The Hall–Kier alpha value is -0.780. The Balaban J connectivity index is 3.33. The normalized spacial score (nSPS) is 11.5. The Morgan fingerprint density at radius 3 is 2.42 bits per heavy atom. The molecule has 0 heterocycles. The first-order valence-electron chi connectivity index (χ1n) is 2.94. The molecule has 3 N–H and O–H groups in total. The van der Waals surface area contributed by atoms with Gasteiger partial charge in [0.2, 0.25) is 0 Å². The predicted octanol–water partition coefficient (Wildman–Crippen LogP) is 1.17. The molecule has 0 unspecified atom stereocenters. The van der Waals surface area contributed by atoms with Crippen LogP contribution in [0.2, 0.25) is 5.02 Å². The number of benzene rings is 1. The fourth-order valence-electron chi connectivity index (χ4n) is 0.682. The first kappa shape index (κ1) is 9.31. The smallest absolute Gasteiger partial charge is 0.294 e. The second kappa shape index (κ2) is 2.93. The molecule has 0 amide bonds. The molecule has 0 fully saturated rings. The minimum absolute atomic E-state index is 0.117. The molecule has 0 atom stereocenters. The van der Waals surface area contributed by atoms with E-state index in [2.05, 4.69) is 0 Å². The third kappa shape index (κ3) is 1.88. The lowest BCUT2D eigenvalue weighted by atomic mass is 10.3. The summed E-state index contributed by atoms with van der Waals surface area (Å²) in [6.07, 6.45) is 0. The highest BCUT2D eigenvalue weighted by Gasteiger charge is 2.10. The average Bonchev–Trinajstić information content (AvgIpc) is 1.92. The van der Waals surface area contributed by atoms with Crippen molar-refractivity contribution < 1.29 is 13.0 Å². The standard InChI is InChI=1S/C6H6ClNO3S/c7-5-2-1-4(3-6(5)8)12(9,10)11/h1-3H,8H2,(H,9,10,11). The van der Waals surface area contributed by atoms with Crippen molar-refractivity contribution in [3.8, 4) is 0 Å². The van der Waals surface area contributed by atoms with Gasteiger partial charge in [0.05, 0.1) is 15.6 Å². The van der Waals surface area contributed by atoms with Gasteiger partial charge < -0.3 is 5.73 Å². The highest BCUT2D eigenvalue weighted by atomic mass is 35.5. The summed E-state index contributed by atoms with van der Waals surface area (Å²) < 4.78 is 29.7. The highest BCUT2D eigenvalue weighted by Crippen LogP contribution is 2.21. The van der Waals surface area contributed by atoms with Gasteiger partial charge in [0.15, 0.2) is 0 Å². The average molecular weight is 208 g/mol. The molecule has 4 nitrogen and oxygen atoms in total. The van der Waals surface area contributed by atoms with Gasteiger partial charge in [0, 0.05) is 0 Å². The number of hydrogen-bond donors (Lipinski definition) is 2. The van der Waals surface area contributed by atoms with E-state index in [1.807, 2.05) is 0 Å². The molecule has 6 heteroatoms. The van der Waals surface area contributed by atoms with Crippen LogP contribution >= 0.6 is 11.6 Å². The second-order valence-electron chi connectivity index (χ2n) is 2.16. The number of halogens is 1. The fourth-order valence-corrected chi connectivity index (χ4v) is 1.32. The van der Waals surface area contributed by atoms with Crippen molar-refractivity contribution in [2.24, 2.45) is 0 Å². The van der Waals surface area contributed by atoms with E-state index in [1.165, 1.54) is 12.1 Å². The quantitative estimate of drug-likeness (QED) is 0.535. The van der Waals surface area contributed by atoms with Crippen LogP contribution in [-0.2, 0) is 10.1 Å². The van der Waals surface area contributed by atoms with Gasteiger partial charge >= 0.3 is 0 Å². The third-order valence-electron chi connectivity index (χ3n) is 1.27. The lowest BCUT2D eigenvalue weighted by Crippen LogP contribution is -1.99.